The molecule has 0 aliphatic heterocycles. The molecule has 0 aromatic heterocycles. The molecular weight excluding hydrogens is 246 g/mol. The van der Waals surface area contributed by atoms with Crippen LogP contribution >= 0.6 is 0 Å². The normalized spacial score (nSPS) is 26.6. The van der Waals surface area contributed by atoms with Gasteiger partial charge in [0.1, 0.15) is 0 Å². The van der Waals surface area contributed by atoms with Gasteiger partial charge in [0.2, 0.25) is 5.91 Å². The summed E-state index contributed by atoms with van der Waals surface area (Å²) in [6, 6.07) is 10.5. The van der Waals surface area contributed by atoms with E-state index in [9.17, 15) is 4.79 Å². The second kappa shape index (κ2) is 6.43. The molecule has 1 aliphatic carbocycles. The van der Waals surface area contributed by atoms with Crippen molar-refractivity contribution in [2.24, 2.45) is 17.8 Å². The van der Waals surface area contributed by atoms with Crippen molar-refractivity contribution in [2.45, 2.75) is 53.0 Å². The highest BCUT2D eigenvalue weighted by Gasteiger charge is 2.36. The second-order valence-electron chi connectivity index (χ2n) is 6.62. The molecule has 0 spiro atoms. The number of hydrogen-bond acceptors (Lipinski definition) is 1. The molecule has 2 heteroatoms. The molecule has 0 heterocycles. The van der Waals surface area contributed by atoms with Crippen LogP contribution in [0.4, 0.5) is 5.69 Å². The third kappa shape index (κ3) is 3.23. The molecule has 1 fully saturated rings. The summed E-state index contributed by atoms with van der Waals surface area (Å²) in [5, 5.41) is 0. The Morgan fingerprint density at radius 3 is 2.40 bits per heavy atom. The van der Waals surface area contributed by atoms with Gasteiger partial charge in [-0.3, -0.25) is 4.79 Å². The largest absolute Gasteiger partial charge is 0.309 e. The molecule has 3 unspecified atom stereocenters. The number of nitrogens with zero attached hydrogens (tertiary/aromatic N) is 1. The summed E-state index contributed by atoms with van der Waals surface area (Å²) in [6.45, 7) is 8.59. The highest BCUT2D eigenvalue weighted by atomic mass is 16.2. The first-order chi connectivity index (χ1) is 9.50. The van der Waals surface area contributed by atoms with E-state index in [-0.39, 0.29) is 5.91 Å². The zero-order valence-electron chi connectivity index (χ0n) is 13.2. The predicted octanol–water partition coefficient (Wildman–Crippen LogP) is 4.50. The van der Waals surface area contributed by atoms with Gasteiger partial charge in [-0.1, -0.05) is 45.4 Å². The van der Waals surface area contributed by atoms with Crippen molar-refractivity contribution in [3.8, 4) is 0 Å². The summed E-state index contributed by atoms with van der Waals surface area (Å²) < 4.78 is 0. The molecule has 1 aliphatic rings. The number of anilines is 1. The van der Waals surface area contributed by atoms with Gasteiger partial charge < -0.3 is 4.90 Å². The van der Waals surface area contributed by atoms with Crippen LogP contribution in [-0.2, 0) is 4.79 Å². The Morgan fingerprint density at radius 2 is 1.85 bits per heavy atom. The first kappa shape index (κ1) is 15.1. The fourth-order valence-electron chi connectivity index (χ4n) is 3.64. The zero-order chi connectivity index (χ0) is 14.7. The lowest BCUT2D eigenvalue weighted by molar-refractivity contribution is -0.117. The predicted molar refractivity (Wildman–Crippen MR) is 84.7 cm³/mol. The number of para-hydroxylation sites is 1. The van der Waals surface area contributed by atoms with Gasteiger partial charge in [-0.15, -0.1) is 0 Å². The summed E-state index contributed by atoms with van der Waals surface area (Å²) in [6.07, 6.45) is 3.65. The first-order valence-corrected chi connectivity index (χ1v) is 7.85. The van der Waals surface area contributed by atoms with E-state index in [0.29, 0.717) is 23.8 Å². The molecule has 3 atom stereocenters. The third-order valence-corrected chi connectivity index (χ3v) is 4.69. The summed E-state index contributed by atoms with van der Waals surface area (Å²) in [5.41, 5.74) is 1.05. The fraction of sp³-hybridized carbons (Fsp3) is 0.611. The highest BCUT2D eigenvalue weighted by molar-refractivity contribution is 5.92. The summed E-state index contributed by atoms with van der Waals surface area (Å²) in [4.78, 5) is 14.3. The topological polar surface area (TPSA) is 20.3 Å². The molecule has 20 heavy (non-hydrogen) atoms. The minimum Gasteiger partial charge on any atom is -0.309 e. The number of rotatable bonds is 3. The lowest BCUT2D eigenvalue weighted by Crippen LogP contribution is -2.48. The number of carbonyl (C=O) groups is 1. The van der Waals surface area contributed by atoms with Gasteiger partial charge in [-0.05, 0) is 42.7 Å². The molecule has 110 valence electrons. The molecular formula is C18H27NO. The number of benzene rings is 1. The minimum absolute atomic E-state index is 0.168. The standard InChI is InChI=1S/C18H27NO/c1-13(2)17-11-10-14(3)12-18(17)19(15(4)20)16-8-6-5-7-9-16/h5-9,13-14,17-18H,10-12H2,1-4H3. The van der Waals surface area contributed by atoms with Gasteiger partial charge in [0.25, 0.3) is 0 Å². The second-order valence-corrected chi connectivity index (χ2v) is 6.62. The van der Waals surface area contributed by atoms with Crippen molar-refractivity contribution in [2.75, 3.05) is 4.90 Å². The van der Waals surface area contributed by atoms with Gasteiger partial charge in [0.05, 0.1) is 0 Å². The molecule has 1 saturated carbocycles. The maximum Gasteiger partial charge on any atom is 0.224 e. The van der Waals surface area contributed by atoms with Crippen LogP contribution in [0.2, 0.25) is 0 Å². The molecule has 0 radical (unpaired) electrons. The van der Waals surface area contributed by atoms with Crippen molar-refractivity contribution in [3.05, 3.63) is 30.3 Å². The van der Waals surface area contributed by atoms with Crippen molar-refractivity contribution in [3.63, 3.8) is 0 Å². The number of hydrogen-bond donors (Lipinski definition) is 0. The molecule has 0 N–H and O–H groups in total. The molecule has 0 saturated heterocycles. The van der Waals surface area contributed by atoms with Crippen LogP contribution in [0.25, 0.3) is 0 Å². The van der Waals surface area contributed by atoms with E-state index in [1.54, 1.807) is 6.92 Å². The Balaban J connectivity index is 2.33. The monoisotopic (exact) mass is 273 g/mol. The molecule has 1 amide bonds. The first-order valence-electron chi connectivity index (χ1n) is 7.85. The van der Waals surface area contributed by atoms with Crippen LogP contribution < -0.4 is 4.90 Å². The fourth-order valence-corrected chi connectivity index (χ4v) is 3.64. The molecule has 2 rings (SSSR count). The van der Waals surface area contributed by atoms with E-state index < -0.39 is 0 Å². The van der Waals surface area contributed by atoms with Crippen LogP contribution in [0.5, 0.6) is 0 Å². The summed E-state index contributed by atoms with van der Waals surface area (Å²) in [7, 11) is 0. The highest BCUT2D eigenvalue weighted by Crippen LogP contribution is 2.38. The Morgan fingerprint density at radius 1 is 1.20 bits per heavy atom. The van der Waals surface area contributed by atoms with Gasteiger partial charge in [-0.25, -0.2) is 0 Å². The van der Waals surface area contributed by atoms with Gasteiger partial charge >= 0.3 is 0 Å². The van der Waals surface area contributed by atoms with Crippen molar-refractivity contribution in [1.82, 2.24) is 0 Å². The molecule has 2 nitrogen and oxygen atoms in total. The average Bonchev–Trinajstić information content (AvgIpc) is 2.39. The van der Waals surface area contributed by atoms with E-state index in [1.165, 1.54) is 12.8 Å². The van der Waals surface area contributed by atoms with E-state index >= 15 is 0 Å². The summed E-state index contributed by atoms with van der Waals surface area (Å²) in [5.74, 6) is 2.11. The minimum atomic E-state index is 0.168. The Bertz CT molecular complexity index is 440. The van der Waals surface area contributed by atoms with Crippen LogP contribution in [0.1, 0.15) is 47.0 Å². The SMILES string of the molecule is CC(=O)N(c1ccccc1)C1CC(C)CCC1C(C)C. The Labute approximate surface area is 123 Å². The van der Waals surface area contributed by atoms with Crippen molar-refractivity contribution >= 4 is 11.6 Å². The van der Waals surface area contributed by atoms with E-state index in [1.807, 2.05) is 23.1 Å². The van der Waals surface area contributed by atoms with Gasteiger partial charge in [0, 0.05) is 18.7 Å². The Kier molecular flexibility index (Phi) is 4.85. The van der Waals surface area contributed by atoms with E-state index in [2.05, 4.69) is 32.9 Å². The van der Waals surface area contributed by atoms with Crippen LogP contribution in [0.15, 0.2) is 30.3 Å². The van der Waals surface area contributed by atoms with Crippen molar-refractivity contribution in [1.29, 1.82) is 0 Å². The maximum atomic E-state index is 12.2. The van der Waals surface area contributed by atoms with Crippen molar-refractivity contribution < 1.29 is 4.79 Å². The van der Waals surface area contributed by atoms with Crippen LogP contribution in [0.3, 0.4) is 0 Å². The van der Waals surface area contributed by atoms with Gasteiger partial charge in [0.15, 0.2) is 0 Å². The zero-order valence-corrected chi connectivity index (χ0v) is 13.2. The lowest BCUT2D eigenvalue weighted by atomic mass is 9.73. The quantitative estimate of drug-likeness (QED) is 0.794. The van der Waals surface area contributed by atoms with E-state index in [4.69, 9.17) is 0 Å². The van der Waals surface area contributed by atoms with E-state index in [0.717, 1.165) is 12.1 Å². The van der Waals surface area contributed by atoms with Crippen LogP contribution in [0, 0.1) is 17.8 Å². The smallest absolute Gasteiger partial charge is 0.224 e. The third-order valence-electron chi connectivity index (χ3n) is 4.69. The number of amides is 1. The summed E-state index contributed by atoms with van der Waals surface area (Å²) >= 11 is 0. The van der Waals surface area contributed by atoms with Gasteiger partial charge in [-0.2, -0.15) is 0 Å². The van der Waals surface area contributed by atoms with Crippen LogP contribution in [-0.4, -0.2) is 11.9 Å². The molecule has 0 bridgehead atoms. The molecule has 1 aromatic rings. The number of carbonyl (C=O) groups excluding carboxylic acids is 1. The molecule has 1 aromatic carbocycles. The maximum absolute atomic E-state index is 12.2. The average molecular weight is 273 g/mol. The lowest BCUT2D eigenvalue weighted by Gasteiger charge is -2.43. The Hall–Kier alpha value is -1.31.